The number of hydrogen-bond acceptors (Lipinski definition) is 3. The predicted octanol–water partition coefficient (Wildman–Crippen LogP) is 3.62. The van der Waals surface area contributed by atoms with Gasteiger partial charge in [-0.1, -0.05) is 13.3 Å². The van der Waals surface area contributed by atoms with Crippen LogP contribution in [-0.4, -0.2) is 35.0 Å². The summed E-state index contributed by atoms with van der Waals surface area (Å²) < 4.78 is 0.934. The Morgan fingerprint density at radius 2 is 2.05 bits per heavy atom. The average molecular weight is 360 g/mol. The van der Waals surface area contributed by atoms with E-state index < -0.39 is 11.4 Å². The molecule has 2 heterocycles. The number of nitrogens with zero attached hydrogens (tertiary/aromatic N) is 1. The molecule has 4 nitrogen and oxygen atoms in total. The lowest BCUT2D eigenvalue weighted by Gasteiger charge is -2.38. The number of piperidine rings is 1. The summed E-state index contributed by atoms with van der Waals surface area (Å²) in [6, 6.07) is 3.67. The Morgan fingerprint density at radius 1 is 1.40 bits per heavy atom. The van der Waals surface area contributed by atoms with Crippen molar-refractivity contribution in [2.75, 3.05) is 13.1 Å². The van der Waals surface area contributed by atoms with E-state index in [9.17, 15) is 14.7 Å². The highest BCUT2D eigenvalue weighted by molar-refractivity contribution is 9.11. The van der Waals surface area contributed by atoms with Crippen LogP contribution < -0.4 is 0 Å². The maximum Gasteiger partial charge on any atom is 0.309 e. The minimum atomic E-state index is -0.717. The van der Waals surface area contributed by atoms with Crippen molar-refractivity contribution in [1.29, 1.82) is 0 Å². The molecule has 0 unspecified atom stereocenters. The number of hydrogen-bond donors (Lipinski definition) is 1. The zero-order chi connectivity index (χ0) is 14.8. The largest absolute Gasteiger partial charge is 0.481 e. The van der Waals surface area contributed by atoms with Gasteiger partial charge in [-0.2, -0.15) is 0 Å². The van der Waals surface area contributed by atoms with Crippen LogP contribution >= 0.6 is 27.3 Å². The number of amides is 1. The summed E-state index contributed by atoms with van der Waals surface area (Å²) in [5.41, 5.74) is -0.637. The number of carboxylic acids is 1. The molecule has 0 spiro atoms. The molecule has 0 aromatic carbocycles. The van der Waals surface area contributed by atoms with E-state index in [0.29, 0.717) is 37.2 Å². The number of halogens is 1. The van der Waals surface area contributed by atoms with Crippen molar-refractivity contribution in [2.24, 2.45) is 5.41 Å². The van der Waals surface area contributed by atoms with Crippen LogP contribution in [0.4, 0.5) is 0 Å². The molecule has 1 aromatic heterocycles. The van der Waals surface area contributed by atoms with Gasteiger partial charge in [0.2, 0.25) is 0 Å². The smallest absolute Gasteiger partial charge is 0.309 e. The van der Waals surface area contributed by atoms with Crippen LogP contribution in [0.15, 0.2) is 15.9 Å². The molecule has 1 aliphatic rings. The second-order valence-corrected chi connectivity index (χ2v) is 7.69. The molecule has 1 fully saturated rings. The molecule has 0 atom stereocenters. The van der Waals surface area contributed by atoms with Crippen molar-refractivity contribution >= 4 is 39.1 Å². The first-order valence-electron chi connectivity index (χ1n) is 6.76. The van der Waals surface area contributed by atoms with Gasteiger partial charge in [0.05, 0.1) is 14.1 Å². The van der Waals surface area contributed by atoms with E-state index in [4.69, 9.17) is 0 Å². The summed E-state index contributed by atoms with van der Waals surface area (Å²) in [4.78, 5) is 26.3. The summed E-state index contributed by atoms with van der Waals surface area (Å²) in [5.74, 6) is -0.707. The van der Waals surface area contributed by atoms with Crippen LogP contribution in [0.3, 0.4) is 0 Å². The first-order valence-corrected chi connectivity index (χ1v) is 8.37. The Hall–Kier alpha value is -0.880. The number of thiophene rings is 1. The predicted molar refractivity (Wildman–Crippen MR) is 82.1 cm³/mol. The Bertz CT molecular complexity index is 506. The molecule has 110 valence electrons. The lowest BCUT2D eigenvalue weighted by molar-refractivity contribution is -0.152. The van der Waals surface area contributed by atoms with Crippen molar-refractivity contribution in [3.8, 4) is 0 Å². The van der Waals surface area contributed by atoms with Crippen LogP contribution in [0, 0.1) is 5.41 Å². The minimum absolute atomic E-state index is 0.0104. The van der Waals surface area contributed by atoms with Crippen molar-refractivity contribution < 1.29 is 14.7 Å². The number of aliphatic carboxylic acids is 1. The average Bonchev–Trinajstić information content (AvgIpc) is 2.85. The van der Waals surface area contributed by atoms with Crippen LogP contribution in [0.1, 0.15) is 42.3 Å². The summed E-state index contributed by atoms with van der Waals surface area (Å²) in [6.07, 6.45) is 2.65. The van der Waals surface area contributed by atoms with Crippen LogP contribution in [0.25, 0.3) is 0 Å². The maximum absolute atomic E-state index is 12.3. The Labute approximate surface area is 130 Å². The molecular weight excluding hydrogens is 342 g/mol. The quantitative estimate of drug-likeness (QED) is 0.892. The van der Waals surface area contributed by atoms with Gasteiger partial charge < -0.3 is 10.0 Å². The van der Waals surface area contributed by atoms with E-state index in [1.807, 2.05) is 19.1 Å². The fraction of sp³-hybridized carbons (Fsp3) is 0.571. The molecule has 0 aliphatic carbocycles. The number of carbonyl (C=O) groups is 2. The zero-order valence-corrected chi connectivity index (χ0v) is 13.8. The normalized spacial score (nSPS) is 18.0. The molecule has 20 heavy (non-hydrogen) atoms. The van der Waals surface area contributed by atoms with Crippen LogP contribution in [0.2, 0.25) is 0 Å². The van der Waals surface area contributed by atoms with Crippen molar-refractivity contribution in [2.45, 2.75) is 32.6 Å². The van der Waals surface area contributed by atoms with Gasteiger partial charge in [0.1, 0.15) is 0 Å². The fourth-order valence-corrected chi connectivity index (χ4v) is 4.13. The second kappa shape index (κ2) is 6.26. The SMILES string of the molecule is CCCC1(C(=O)O)CCN(C(=O)c2ccc(Br)s2)CC1. The van der Waals surface area contributed by atoms with E-state index in [-0.39, 0.29) is 5.91 Å². The van der Waals surface area contributed by atoms with E-state index in [0.717, 1.165) is 10.2 Å². The molecule has 1 aliphatic heterocycles. The van der Waals surface area contributed by atoms with Crippen LogP contribution in [-0.2, 0) is 4.79 Å². The first-order chi connectivity index (χ1) is 9.48. The Morgan fingerprint density at radius 3 is 2.50 bits per heavy atom. The molecule has 0 bridgehead atoms. The van der Waals surface area contributed by atoms with E-state index in [2.05, 4.69) is 15.9 Å². The monoisotopic (exact) mass is 359 g/mol. The van der Waals surface area contributed by atoms with Gasteiger partial charge in [-0.25, -0.2) is 0 Å². The van der Waals surface area contributed by atoms with E-state index >= 15 is 0 Å². The van der Waals surface area contributed by atoms with Gasteiger partial charge in [0, 0.05) is 13.1 Å². The van der Waals surface area contributed by atoms with Gasteiger partial charge in [-0.15, -0.1) is 11.3 Å². The Balaban J connectivity index is 2.03. The number of likely N-dealkylation sites (tertiary alicyclic amines) is 1. The van der Waals surface area contributed by atoms with E-state index in [1.165, 1.54) is 11.3 Å². The van der Waals surface area contributed by atoms with Crippen molar-refractivity contribution in [3.05, 3.63) is 20.8 Å². The zero-order valence-electron chi connectivity index (χ0n) is 11.4. The maximum atomic E-state index is 12.3. The molecule has 1 aromatic rings. The van der Waals surface area contributed by atoms with Crippen molar-refractivity contribution in [1.82, 2.24) is 4.90 Å². The third-order valence-electron chi connectivity index (χ3n) is 3.97. The van der Waals surface area contributed by atoms with Gasteiger partial charge in [-0.3, -0.25) is 9.59 Å². The topological polar surface area (TPSA) is 57.6 Å². The van der Waals surface area contributed by atoms with Gasteiger partial charge >= 0.3 is 5.97 Å². The highest BCUT2D eigenvalue weighted by Crippen LogP contribution is 2.37. The third-order valence-corrected chi connectivity index (χ3v) is 5.59. The highest BCUT2D eigenvalue weighted by Gasteiger charge is 2.41. The number of rotatable bonds is 4. The minimum Gasteiger partial charge on any atom is -0.481 e. The van der Waals surface area contributed by atoms with Crippen LogP contribution in [0.5, 0.6) is 0 Å². The van der Waals surface area contributed by atoms with Gasteiger partial charge in [0.15, 0.2) is 0 Å². The second-order valence-electron chi connectivity index (χ2n) is 5.23. The Kier molecular flexibility index (Phi) is 4.86. The third kappa shape index (κ3) is 3.06. The molecule has 2 rings (SSSR count). The molecule has 0 radical (unpaired) electrons. The number of carboxylic acid groups (broad SMARTS) is 1. The molecule has 0 saturated carbocycles. The lowest BCUT2D eigenvalue weighted by atomic mass is 9.75. The first kappa shape index (κ1) is 15.5. The lowest BCUT2D eigenvalue weighted by Crippen LogP contribution is -2.46. The van der Waals surface area contributed by atoms with Gasteiger partial charge in [-0.05, 0) is 47.3 Å². The van der Waals surface area contributed by atoms with Gasteiger partial charge in [0.25, 0.3) is 5.91 Å². The molecular formula is C14H18BrNO3S. The summed E-state index contributed by atoms with van der Waals surface area (Å²) in [6.45, 7) is 3.06. The van der Waals surface area contributed by atoms with E-state index in [1.54, 1.807) is 4.90 Å². The summed E-state index contributed by atoms with van der Waals surface area (Å²) in [5, 5.41) is 9.46. The molecule has 6 heteroatoms. The molecule has 1 amide bonds. The molecule has 1 saturated heterocycles. The van der Waals surface area contributed by atoms with Crippen molar-refractivity contribution in [3.63, 3.8) is 0 Å². The molecule has 1 N–H and O–H groups in total. The summed E-state index contributed by atoms with van der Waals surface area (Å²) in [7, 11) is 0. The number of carbonyl (C=O) groups excluding carboxylic acids is 1. The fourth-order valence-electron chi connectivity index (χ4n) is 2.77. The summed E-state index contributed by atoms with van der Waals surface area (Å²) >= 11 is 4.77. The standard InChI is InChI=1S/C14H18BrNO3S/c1-2-5-14(13(18)19)6-8-16(9-7-14)12(17)10-3-4-11(15)20-10/h3-4H,2,5-9H2,1H3,(H,18,19). The highest BCUT2D eigenvalue weighted by atomic mass is 79.9.